The molecule has 1 heterocycles. The number of hydrogen-bond donors (Lipinski definition) is 1. The van der Waals surface area contributed by atoms with Gasteiger partial charge in [0.25, 0.3) is 0 Å². The van der Waals surface area contributed by atoms with Gasteiger partial charge >= 0.3 is 0 Å². The van der Waals surface area contributed by atoms with Crippen LogP contribution in [-0.4, -0.2) is 25.0 Å². The van der Waals surface area contributed by atoms with Gasteiger partial charge in [-0.15, -0.1) is 0 Å². The van der Waals surface area contributed by atoms with E-state index in [0.717, 1.165) is 25.4 Å². The van der Waals surface area contributed by atoms with E-state index in [1.807, 2.05) is 12.1 Å². The Morgan fingerprint density at radius 1 is 1.44 bits per heavy atom. The Balaban J connectivity index is 2.18. The molecule has 0 saturated heterocycles. The third-order valence-electron chi connectivity index (χ3n) is 2.95. The summed E-state index contributed by atoms with van der Waals surface area (Å²) >= 11 is 0. The van der Waals surface area contributed by atoms with E-state index in [1.54, 1.807) is 6.26 Å². The van der Waals surface area contributed by atoms with E-state index < -0.39 is 0 Å². The topological polar surface area (TPSA) is 42.4 Å². The number of nitrogens with zero attached hydrogens (tertiary/aromatic N) is 1. The molecule has 0 radical (unpaired) electrons. The van der Waals surface area contributed by atoms with Crippen molar-refractivity contribution in [3.05, 3.63) is 24.2 Å². The van der Waals surface area contributed by atoms with Gasteiger partial charge in [-0.2, -0.15) is 0 Å². The molecular formula is C13H24N2O. The van der Waals surface area contributed by atoms with Crippen LogP contribution in [0.3, 0.4) is 0 Å². The lowest BCUT2D eigenvalue weighted by Crippen LogP contribution is -2.26. The quantitative estimate of drug-likeness (QED) is 0.773. The molecule has 0 fully saturated rings. The van der Waals surface area contributed by atoms with E-state index in [-0.39, 0.29) is 5.41 Å². The van der Waals surface area contributed by atoms with Crippen molar-refractivity contribution < 1.29 is 4.42 Å². The average Bonchev–Trinajstić information content (AvgIpc) is 2.70. The first-order chi connectivity index (χ1) is 7.53. The zero-order valence-electron chi connectivity index (χ0n) is 10.7. The Morgan fingerprint density at radius 2 is 2.19 bits per heavy atom. The van der Waals surface area contributed by atoms with Crippen LogP contribution in [0, 0.1) is 5.41 Å². The van der Waals surface area contributed by atoms with E-state index in [0.29, 0.717) is 0 Å². The summed E-state index contributed by atoms with van der Waals surface area (Å²) in [6, 6.07) is 3.95. The maximum absolute atomic E-state index is 5.70. The van der Waals surface area contributed by atoms with Crippen molar-refractivity contribution in [2.45, 2.75) is 33.2 Å². The van der Waals surface area contributed by atoms with Gasteiger partial charge in [0.15, 0.2) is 0 Å². The minimum atomic E-state index is 0.269. The van der Waals surface area contributed by atoms with Crippen LogP contribution in [0.25, 0.3) is 0 Å². The van der Waals surface area contributed by atoms with E-state index in [2.05, 4.69) is 25.8 Å². The summed E-state index contributed by atoms with van der Waals surface area (Å²) in [6.45, 7) is 7.17. The van der Waals surface area contributed by atoms with Crippen LogP contribution >= 0.6 is 0 Å². The molecule has 16 heavy (non-hydrogen) atoms. The molecule has 0 aliphatic heterocycles. The maximum Gasteiger partial charge on any atom is 0.117 e. The Hall–Kier alpha value is -0.800. The molecule has 0 amide bonds. The van der Waals surface area contributed by atoms with Crippen LogP contribution in [0.15, 0.2) is 22.8 Å². The van der Waals surface area contributed by atoms with E-state index in [1.165, 1.54) is 12.8 Å². The minimum Gasteiger partial charge on any atom is -0.468 e. The second-order valence-electron chi connectivity index (χ2n) is 5.29. The number of nitrogens with two attached hydrogens (primary N) is 1. The molecule has 0 unspecified atom stereocenters. The molecule has 1 aromatic heterocycles. The SMILES string of the molecule is CN(CCCC(C)(C)CN)Cc1ccco1. The van der Waals surface area contributed by atoms with Gasteiger partial charge in [-0.25, -0.2) is 0 Å². The molecular weight excluding hydrogens is 200 g/mol. The van der Waals surface area contributed by atoms with Crippen LogP contribution < -0.4 is 5.73 Å². The molecule has 92 valence electrons. The summed E-state index contributed by atoms with van der Waals surface area (Å²) in [5.74, 6) is 1.03. The van der Waals surface area contributed by atoms with Gasteiger partial charge in [0.1, 0.15) is 5.76 Å². The fourth-order valence-corrected chi connectivity index (χ4v) is 1.68. The Labute approximate surface area is 98.6 Å². The molecule has 0 atom stereocenters. The normalized spacial score (nSPS) is 12.3. The molecule has 2 N–H and O–H groups in total. The van der Waals surface area contributed by atoms with Gasteiger partial charge in [0, 0.05) is 0 Å². The summed E-state index contributed by atoms with van der Waals surface area (Å²) < 4.78 is 5.31. The summed E-state index contributed by atoms with van der Waals surface area (Å²) in [5.41, 5.74) is 5.97. The van der Waals surface area contributed by atoms with Crippen molar-refractivity contribution >= 4 is 0 Å². The first kappa shape index (κ1) is 13.3. The first-order valence-electron chi connectivity index (χ1n) is 5.94. The van der Waals surface area contributed by atoms with Gasteiger partial charge in [0.2, 0.25) is 0 Å². The zero-order valence-corrected chi connectivity index (χ0v) is 10.7. The third-order valence-corrected chi connectivity index (χ3v) is 2.95. The van der Waals surface area contributed by atoms with Crippen molar-refractivity contribution in [3.63, 3.8) is 0 Å². The molecule has 1 aromatic rings. The Morgan fingerprint density at radius 3 is 2.75 bits per heavy atom. The largest absolute Gasteiger partial charge is 0.468 e. The van der Waals surface area contributed by atoms with Gasteiger partial charge in [-0.1, -0.05) is 13.8 Å². The molecule has 0 aromatic carbocycles. The van der Waals surface area contributed by atoms with E-state index in [4.69, 9.17) is 10.2 Å². The van der Waals surface area contributed by atoms with Crippen molar-refractivity contribution in [1.29, 1.82) is 0 Å². The lowest BCUT2D eigenvalue weighted by atomic mass is 9.88. The molecule has 0 spiro atoms. The van der Waals surface area contributed by atoms with Crippen LogP contribution in [-0.2, 0) is 6.54 Å². The highest BCUT2D eigenvalue weighted by Crippen LogP contribution is 2.20. The third kappa shape index (κ3) is 4.81. The van der Waals surface area contributed by atoms with Crippen LogP contribution in [0.4, 0.5) is 0 Å². The smallest absolute Gasteiger partial charge is 0.117 e. The van der Waals surface area contributed by atoms with Crippen LogP contribution in [0.5, 0.6) is 0 Å². The summed E-state index contributed by atoms with van der Waals surface area (Å²) in [5, 5.41) is 0. The molecule has 0 saturated carbocycles. The molecule has 1 rings (SSSR count). The Kier molecular flexibility index (Phi) is 5.03. The Bertz CT molecular complexity index is 280. The number of rotatable bonds is 7. The first-order valence-corrected chi connectivity index (χ1v) is 5.94. The lowest BCUT2D eigenvalue weighted by Gasteiger charge is -2.23. The molecule has 0 aliphatic carbocycles. The summed E-state index contributed by atoms with van der Waals surface area (Å²) in [6.07, 6.45) is 4.08. The van der Waals surface area contributed by atoms with Gasteiger partial charge in [-0.05, 0) is 50.5 Å². The predicted octanol–water partition coefficient (Wildman–Crippen LogP) is 2.48. The monoisotopic (exact) mass is 224 g/mol. The van der Waals surface area contributed by atoms with Crippen molar-refractivity contribution in [1.82, 2.24) is 4.90 Å². The second kappa shape index (κ2) is 6.06. The van der Waals surface area contributed by atoms with Crippen molar-refractivity contribution in [2.24, 2.45) is 11.1 Å². The highest BCUT2D eigenvalue weighted by molar-refractivity contribution is 4.97. The van der Waals surface area contributed by atoms with Crippen molar-refractivity contribution in [3.8, 4) is 0 Å². The van der Waals surface area contributed by atoms with Gasteiger partial charge in [-0.3, -0.25) is 4.90 Å². The highest BCUT2D eigenvalue weighted by atomic mass is 16.3. The summed E-state index contributed by atoms with van der Waals surface area (Å²) in [7, 11) is 2.12. The molecule has 0 bridgehead atoms. The standard InChI is InChI=1S/C13H24N2O/c1-13(2,11-14)7-5-8-15(3)10-12-6-4-9-16-12/h4,6,9H,5,7-8,10-11,14H2,1-3H3. The highest BCUT2D eigenvalue weighted by Gasteiger charge is 2.15. The molecule has 0 aliphatic rings. The van der Waals surface area contributed by atoms with Crippen LogP contribution in [0.2, 0.25) is 0 Å². The number of furan rings is 1. The minimum absolute atomic E-state index is 0.269. The predicted molar refractivity (Wildman–Crippen MR) is 67.1 cm³/mol. The average molecular weight is 224 g/mol. The molecule has 3 heteroatoms. The fourth-order valence-electron chi connectivity index (χ4n) is 1.68. The van der Waals surface area contributed by atoms with Gasteiger partial charge < -0.3 is 10.2 Å². The fraction of sp³-hybridized carbons (Fsp3) is 0.692. The van der Waals surface area contributed by atoms with E-state index in [9.17, 15) is 0 Å². The van der Waals surface area contributed by atoms with Crippen molar-refractivity contribution in [2.75, 3.05) is 20.1 Å². The zero-order chi connectivity index (χ0) is 12.0. The van der Waals surface area contributed by atoms with E-state index >= 15 is 0 Å². The maximum atomic E-state index is 5.70. The number of hydrogen-bond acceptors (Lipinski definition) is 3. The second-order valence-corrected chi connectivity index (χ2v) is 5.29. The molecule has 3 nitrogen and oxygen atoms in total. The lowest BCUT2D eigenvalue weighted by molar-refractivity contribution is 0.259. The summed E-state index contributed by atoms with van der Waals surface area (Å²) in [4.78, 5) is 2.28. The van der Waals surface area contributed by atoms with Gasteiger partial charge in [0.05, 0.1) is 12.8 Å². The van der Waals surface area contributed by atoms with Crippen LogP contribution in [0.1, 0.15) is 32.4 Å².